The largest absolute Gasteiger partial charge is 0.318 e. The van der Waals surface area contributed by atoms with Crippen LogP contribution in [0.3, 0.4) is 0 Å². The van der Waals surface area contributed by atoms with Crippen LogP contribution in [0, 0.1) is 6.92 Å². The maximum atomic E-state index is 6.02. The first-order valence-corrected chi connectivity index (χ1v) is 5.57. The molecule has 68 valence electrons. The van der Waals surface area contributed by atoms with E-state index in [1.54, 1.807) is 11.3 Å². The highest BCUT2D eigenvalue weighted by atomic mass is 32.1. The Labute approximate surface area is 84.4 Å². The maximum absolute atomic E-state index is 6.02. The van der Waals surface area contributed by atoms with Crippen molar-refractivity contribution in [3.05, 3.63) is 33.0 Å². The molecule has 13 heavy (non-hydrogen) atoms. The number of nitrogens with two attached hydrogens (primary N) is 1. The van der Waals surface area contributed by atoms with E-state index in [0.717, 1.165) is 5.69 Å². The van der Waals surface area contributed by atoms with Crippen molar-refractivity contribution in [1.82, 2.24) is 9.59 Å². The van der Waals surface area contributed by atoms with Crippen molar-refractivity contribution < 1.29 is 0 Å². The van der Waals surface area contributed by atoms with E-state index in [4.69, 9.17) is 5.73 Å². The average molecular weight is 211 g/mol. The molecule has 2 aromatic heterocycles. The van der Waals surface area contributed by atoms with Crippen molar-refractivity contribution in [3.63, 3.8) is 0 Å². The highest BCUT2D eigenvalue weighted by Gasteiger charge is 2.14. The molecule has 0 fully saturated rings. The second-order valence-corrected chi connectivity index (χ2v) is 4.33. The van der Waals surface area contributed by atoms with Gasteiger partial charge in [-0.05, 0) is 35.5 Å². The summed E-state index contributed by atoms with van der Waals surface area (Å²) in [6, 6.07) is 1.96. The Bertz CT molecular complexity index is 380. The standard InChI is InChI=1S/C8H9N3S2/c1-5-2-3-12-8(5)7(9)6-4-13-11-10-6/h2-4,7H,9H2,1H3. The van der Waals surface area contributed by atoms with Gasteiger partial charge in [-0.1, -0.05) is 4.49 Å². The molecule has 2 N–H and O–H groups in total. The van der Waals surface area contributed by atoms with Crippen LogP contribution >= 0.6 is 22.9 Å². The van der Waals surface area contributed by atoms with E-state index in [0.29, 0.717) is 0 Å². The summed E-state index contributed by atoms with van der Waals surface area (Å²) < 4.78 is 3.80. The molecule has 0 bridgehead atoms. The summed E-state index contributed by atoms with van der Waals surface area (Å²) in [6.45, 7) is 2.06. The van der Waals surface area contributed by atoms with Crippen molar-refractivity contribution in [2.45, 2.75) is 13.0 Å². The van der Waals surface area contributed by atoms with Crippen molar-refractivity contribution in [2.24, 2.45) is 5.73 Å². The van der Waals surface area contributed by atoms with Gasteiger partial charge in [-0.2, -0.15) is 0 Å². The molecule has 3 nitrogen and oxygen atoms in total. The summed E-state index contributed by atoms with van der Waals surface area (Å²) in [5, 5.41) is 7.90. The monoisotopic (exact) mass is 211 g/mol. The zero-order valence-electron chi connectivity index (χ0n) is 7.10. The number of nitrogens with zero attached hydrogens (tertiary/aromatic N) is 2. The van der Waals surface area contributed by atoms with Crippen molar-refractivity contribution in [1.29, 1.82) is 0 Å². The molecule has 0 amide bonds. The second kappa shape index (κ2) is 3.53. The third-order valence-electron chi connectivity index (χ3n) is 1.88. The molecule has 2 rings (SSSR count). The van der Waals surface area contributed by atoms with E-state index in [-0.39, 0.29) is 6.04 Å². The molecular formula is C8H9N3S2. The normalized spacial score (nSPS) is 13.1. The van der Waals surface area contributed by atoms with E-state index in [2.05, 4.69) is 22.6 Å². The molecular weight excluding hydrogens is 202 g/mol. The van der Waals surface area contributed by atoms with E-state index < -0.39 is 0 Å². The van der Waals surface area contributed by atoms with E-state index in [1.165, 1.54) is 22.0 Å². The van der Waals surface area contributed by atoms with Gasteiger partial charge in [-0.3, -0.25) is 0 Å². The quantitative estimate of drug-likeness (QED) is 0.826. The first-order chi connectivity index (χ1) is 6.29. The van der Waals surface area contributed by atoms with Crippen LogP contribution in [0.4, 0.5) is 0 Å². The molecule has 2 aromatic rings. The summed E-state index contributed by atoms with van der Waals surface area (Å²) in [4.78, 5) is 1.17. The average Bonchev–Trinajstić information content (AvgIpc) is 2.72. The molecule has 1 atom stereocenters. The van der Waals surface area contributed by atoms with Crippen LogP contribution in [-0.2, 0) is 0 Å². The predicted octanol–water partition coefficient (Wildman–Crippen LogP) is 1.96. The SMILES string of the molecule is Cc1ccsc1C(N)c1csnn1. The predicted molar refractivity (Wildman–Crippen MR) is 55.0 cm³/mol. The molecule has 1 unspecified atom stereocenters. The third kappa shape index (κ3) is 1.63. The number of hydrogen-bond acceptors (Lipinski definition) is 5. The van der Waals surface area contributed by atoms with Gasteiger partial charge in [0.15, 0.2) is 0 Å². The van der Waals surface area contributed by atoms with Crippen molar-refractivity contribution >= 4 is 22.9 Å². The minimum absolute atomic E-state index is 0.112. The molecule has 0 aliphatic carbocycles. The molecule has 0 spiro atoms. The summed E-state index contributed by atoms with van der Waals surface area (Å²) in [7, 11) is 0. The molecule has 0 aliphatic heterocycles. The lowest BCUT2D eigenvalue weighted by Crippen LogP contribution is -2.11. The van der Waals surface area contributed by atoms with Gasteiger partial charge >= 0.3 is 0 Å². The van der Waals surface area contributed by atoms with Crippen LogP contribution in [0.15, 0.2) is 16.8 Å². The van der Waals surface area contributed by atoms with E-state index in [1.807, 2.05) is 10.8 Å². The Morgan fingerprint density at radius 2 is 2.38 bits per heavy atom. The first kappa shape index (κ1) is 8.80. The number of rotatable bonds is 2. The Kier molecular flexibility index (Phi) is 2.39. The third-order valence-corrected chi connectivity index (χ3v) is 3.50. The highest BCUT2D eigenvalue weighted by molar-refractivity contribution is 7.10. The Morgan fingerprint density at radius 1 is 1.54 bits per heavy atom. The van der Waals surface area contributed by atoms with Crippen LogP contribution in [0.1, 0.15) is 22.2 Å². The fraction of sp³-hybridized carbons (Fsp3) is 0.250. The van der Waals surface area contributed by atoms with Crippen LogP contribution in [-0.4, -0.2) is 9.59 Å². The number of thiophene rings is 1. The molecule has 0 aromatic carbocycles. The van der Waals surface area contributed by atoms with Crippen LogP contribution in [0.2, 0.25) is 0 Å². The zero-order chi connectivity index (χ0) is 9.26. The van der Waals surface area contributed by atoms with Gasteiger partial charge in [-0.15, -0.1) is 16.4 Å². The maximum Gasteiger partial charge on any atom is 0.0976 e. The zero-order valence-corrected chi connectivity index (χ0v) is 8.73. The Balaban J connectivity index is 2.33. The van der Waals surface area contributed by atoms with E-state index in [9.17, 15) is 0 Å². The van der Waals surface area contributed by atoms with Crippen LogP contribution in [0.25, 0.3) is 0 Å². The smallest absolute Gasteiger partial charge is 0.0976 e. The van der Waals surface area contributed by atoms with Crippen molar-refractivity contribution in [3.8, 4) is 0 Å². The van der Waals surface area contributed by atoms with Crippen LogP contribution < -0.4 is 5.73 Å². The minimum Gasteiger partial charge on any atom is -0.318 e. The topological polar surface area (TPSA) is 51.8 Å². The van der Waals surface area contributed by atoms with Gasteiger partial charge in [0.25, 0.3) is 0 Å². The second-order valence-electron chi connectivity index (χ2n) is 2.78. The number of aromatic nitrogens is 2. The van der Waals surface area contributed by atoms with Gasteiger partial charge < -0.3 is 5.73 Å². The fourth-order valence-electron chi connectivity index (χ4n) is 1.14. The summed E-state index contributed by atoms with van der Waals surface area (Å²) in [5.74, 6) is 0. The van der Waals surface area contributed by atoms with Gasteiger partial charge in [0.05, 0.1) is 11.7 Å². The summed E-state index contributed by atoms with van der Waals surface area (Å²) >= 11 is 3.00. The fourth-order valence-corrected chi connectivity index (χ4v) is 2.58. The first-order valence-electron chi connectivity index (χ1n) is 3.85. The van der Waals surface area contributed by atoms with Gasteiger partial charge in [0.2, 0.25) is 0 Å². The Morgan fingerprint density at radius 3 is 2.92 bits per heavy atom. The lowest BCUT2D eigenvalue weighted by Gasteiger charge is -2.06. The van der Waals surface area contributed by atoms with E-state index >= 15 is 0 Å². The van der Waals surface area contributed by atoms with Crippen LogP contribution in [0.5, 0.6) is 0 Å². The van der Waals surface area contributed by atoms with Gasteiger partial charge in [-0.25, -0.2) is 0 Å². The van der Waals surface area contributed by atoms with Gasteiger partial charge in [0, 0.05) is 10.3 Å². The molecule has 0 saturated carbocycles. The van der Waals surface area contributed by atoms with Gasteiger partial charge in [0.1, 0.15) is 0 Å². The summed E-state index contributed by atoms with van der Waals surface area (Å²) in [6.07, 6.45) is 0. The van der Waals surface area contributed by atoms with Crippen molar-refractivity contribution in [2.75, 3.05) is 0 Å². The lowest BCUT2D eigenvalue weighted by molar-refractivity contribution is 0.829. The number of aryl methyl sites for hydroxylation is 1. The molecule has 0 radical (unpaired) electrons. The molecule has 2 heterocycles. The Hall–Kier alpha value is -0.780. The molecule has 0 saturated heterocycles. The number of hydrogen-bond donors (Lipinski definition) is 1. The molecule has 5 heteroatoms. The highest BCUT2D eigenvalue weighted by Crippen LogP contribution is 2.26. The minimum atomic E-state index is -0.112. The summed E-state index contributed by atoms with van der Waals surface area (Å²) in [5.41, 5.74) is 8.10. The lowest BCUT2D eigenvalue weighted by atomic mass is 10.1. The molecule has 0 aliphatic rings.